The normalized spacial score (nSPS) is 19.7. The largest absolute Gasteiger partial charge is 0.486 e. The van der Waals surface area contributed by atoms with Gasteiger partial charge < -0.3 is 19.2 Å². The second-order valence-electron chi connectivity index (χ2n) is 6.85. The maximum absolute atomic E-state index is 12.9. The Labute approximate surface area is 152 Å². The van der Waals surface area contributed by atoms with Crippen LogP contribution in [-0.2, 0) is 11.3 Å². The molecule has 26 heavy (non-hydrogen) atoms. The Kier molecular flexibility index (Phi) is 5.93. The van der Waals surface area contributed by atoms with E-state index >= 15 is 0 Å². The van der Waals surface area contributed by atoms with E-state index in [0.29, 0.717) is 29.9 Å². The lowest BCUT2D eigenvalue weighted by atomic mass is 9.93. The van der Waals surface area contributed by atoms with Crippen LogP contribution in [0, 0.1) is 17.7 Å². The van der Waals surface area contributed by atoms with Crippen molar-refractivity contribution in [3.63, 3.8) is 0 Å². The number of benzene rings is 1. The van der Waals surface area contributed by atoms with Gasteiger partial charge in [0, 0.05) is 19.1 Å². The highest BCUT2D eigenvalue weighted by Crippen LogP contribution is 2.26. The SMILES string of the molecule is CC(C)C1OCCC1CNC(=O)c1ccc(COc2ccc(F)cc2)o1. The number of hydrogen-bond acceptors (Lipinski definition) is 4. The average Bonchev–Trinajstić information content (AvgIpc) is 3.28. The van der Waals surface area contributed by atoms with Gasteiger partial charge >= 0.3 is 0 Å². The molecule has 6 heteroatoms. The Bertz CT molecular complexity index is 726. The number of carbonyl (C=O) groups excluding carboxylic acids is 1. The number of ether oxygens (including phenoxy) is 2. The molecule has 140 valence electrons. The Morgan fingerprint density at radius 3 is 2.77 bits per heavy atom. The second-order valence-corrected chi connectivity index (χ2v) is 6.85. The van der Waals surface area contributed by atoms with Crippen LogP contribution >= 0.6 is 0 Å². The van der Waals surface area contributed by atoms with Crippen molar-refractivity contribution in [1.82, 2.24) is 5.32 Å². The second kappa shape index (κ2) is 8.36. The van der Waals surface area contributed by atoms with E-state index in [4.69, 9.17) is 13.9 Å². The van der Waals surface area contributed by atoms with Gasteiger partial charge in [0.2, 0.25) is 0 Å². The van der Waals surface area contributed by atoms with Crippen LogP contribution in [0.3, 0.4) is 0 Å². The molecule has 1 aliphatic heterocycles. The molecule has 1 aliphatic rings. The lowest BCUT2D eigenvalue weighted by molar-refractivity contribution is 0.0531. The van der Waals surface area contributed by atoms with Crippen LogP contribution in [-0.4, -0.2) is 25.2 Å². The maximum atomic E-state index is 12.9. The first-order valence-electron chi connectivity index (χ1n) is 8.90. The molecule has 2 atom stereocenters. The summed E-state index contributed by atoms with van der Waals surface area (Å²) < 4.78 is 29.7. The van der Waals surface area contributed by atoms with Gasteiger partial charge in [-0.15, -0.1) is 0 Å². The van der Waals surface area contributed by atoms with E-state index in [1.807, 2.05) is 0 Å². The molecule has 0 spiro atoms. The van der Waals surface area contributed by atoms with Gasteiger partial charge in [-0.2, -0.15) is 0 Å². The van der Waals surface area contributed by atoms with Crippen molar-refractivity contribution in [2.24, 2.45) is 11.8 Å². The lowest BCUT2D eigenvalue weighted by Crippen LogP contribution is -2.34. The minimum absolute atomic E-state index is 0.171. The molecule has 0 radical (unpaired) electrons. The molecule has 0 bridgehead atoms. The van der Waals surface area contributed by atoms with Crippen molar-refractivity contribution in [3.05, 3.63) is 53.7 Å². The molecule has 1 aromatic carbocycles. The summed E-state index contributed by atoms with van der Waals surface area (Å²) in [6.07, 6.45) is 1.14. The van der Waals surface area contributed by atoms with Gasteiger partial charge in [-0.3, -0.25) is 4.79 Å². The minimum Gasteiger partial charge on any atom is -0.486 e. The Morgan fingerprint density at radius 2 is 2.04 bits per heavy atom. The monoisotopic (exact) mass is 361 g/mol. The molecule has 0 saturated carbocycles. The fraction of sp³-hybridized carbons (Fsp3) is 0.450. The highest BCUT2D eigenvalue weighted by atomic mass is 19.1. The summed E-state index contributed by atoms with van der Waals surface area (Å²) in [6.45, 7) is 5.75. The highest BCUT2D eigenvalue weighted by molar-refractivity contribution is 5.91. The summed E-state index contributed by atoms with van der Waals surface area (Å²) in [7, 11) is 0. The van der Waals surface area contributed by atoms with Crippen LogP contribution < -0.4 is 10.1 Å². The Balaban J connectivity index is 1.49. The number of carbonyl (C=O) groups is 1. The maximum Gasteiger partial charge on any atom is 0.287 e. The fourth-order valence-electron chi connectivity index (χ4n) is 3.18. The third-order valence-corrected chi connectivity index (χ3v) is 4.53. The zero-order chi connectivity index (χ0) is 18.5. The molecule has 1 saturated heterocycles. The van der Waals surface area contributed by atoms with Crippen molar-refractivity contribution in [3.8, 4) is 5.75 Å². The van der Waals surface area contributed by atoms with E-state index in [1.54, 1.807) is 24.3 Å². The zero-order valence-corrected chi connectivity index (χ0v) is 15.0. The summed E-state index contributed by atoms with van der Waals surface area (Å²) in [5, 5.41) is 2.92. The third kappa shape index (κ3) is 4.64. The summed E-state index contributed by atoms with van der Waals surface area (Å²) in [6, 6.07) is 9.07. The van der Waals surface area contributed by atoms with Gasteiger partial charge in [0.05, 0.1) is 6.10 Å². The number of rotatable bonds is 7. The molecule has 1 aromatic heterocycles. The molecule has 2 aromatic rings. The molecule has 1 N–H and O–H groups in total. The topological polar surface area (TPSA) is 60.7 Å². The number of nitrogens with one attached hydrogen (secondary N) is 1. The van der Waals surface area contributed by atoms with Gasteiger partial charge in [0.15, 0.2) is 5.76 Å². The van der Waals surface area contributed by atoms with Crippen molar-refractivity contribution in [1.29, 1.82) is 0 Å². The smallest absolute Gasteiger partial charge is 0.287 e. The van der Waals surface area contributed by atoms with Crippen LogP contribution in [0.4, 0.5) is 4.39 Å². The zero-order valence-electron chi connectivity index (χ0n) is 15.0. The highest BCUT2D eigenvalue weighted by Gasteiger charge is 2.31. The van der Waals surface area contributed by atoms with Gasteiger partial charge in [-0.05, 0) is 48.7 Å². The fourth-order valence-corrected chi connectivity index (χ4v) is 3.18. The van der Waals surface area contributed by atoms with Crippen LogP contribution in [0.25, 0.3) is 0 Å². The molecule has 1 fully saturated rings. The first kappa shape index (κ1) is 18.5. The molecule has 2 unspecified atom stereocenters. The number of amides is 1. The first-order valence-corrected chi connectivity index (χ1v) is 8.90. The lowest BCUT2D eigenvalue weighted by Gasteiger charge is -2.21. The quantitative estimate of drug-likeness (QED) is 0.815. The van der Waals surface area contributed by atoms with Crippen molar-refractivity contribution in [2.45, 2.75) is 33.0 Å². The van der Waals surface area contributed by atoms with Crippen LogP contribution in [0.5, 0.6) is 5.75 Å². The van der Waals surface area contributed by atoms with E-state index in [9.17, 15) is 9.18 Å². The van der Waals surface area contributed by atoms with Crippen molar-refractivity contribution in [2.75, 3.05) is 13.2 Å². The Hall–Kier alpha value is -2.34. The summed E-state index contributed by atoms with van der Waals surface area (Å²) >= 11 is 0. The summed E-state index contributed by atoms with van der Waals surface area (Å²) in [5.41, 5.74) is 0. The van der Waals surface area contributed by atoms with E-state index in [1.165, 1.54) is 12.1 Å². The van der Waals surface area contributed by atoms with E-state index in [-0.39, 0.29) is 30.2 Å². The predicted molar refractivity (Wildman–Crippen MR) is 94.5 cm³/mol. The van der Waals surface area contributed by atoms with Gasteiger partial charge in [-0.25, -0.2) is 4.39 Å². The molecular formula is C20H24FNO4. The Morgan fingerprint density at radius 1 is 1.27 bits per heavy atom. The van der Waals surface area contributed by atoms with Crippen LogP contribution in [0.1, 0.15) is 36.6 Å². The molecular weight excluding hydrogens is 337 g/mol. The van der Waals surface area contributed by atoms with Gasteiger partial charge in [0.25, 0.3) is 5.91 Å². The number of hydrogen-bond donors (Lipinski definition) is 1. The predicted octanol–water partition coefficient (Wildman–Crippen LogP) is 3.79. The van der Waals surface area contributed by atoms with E-state index in [0.717, 1.165) is 13.0 Å². The van der Waals surface area contributed by atoms with E-state index < -0.39 is 0 Å². The van der Waals surface area contributed by atoms with Gasteiger partial charge in [-0.1, -0.05) is 13.8 Å². The van der Waals surface area contributed by atoms with Crippen molar-refractivity contribution >= 4 is 5.91 Å². The van der Waals surface area contributed by atoms with E-state index in [2.05, 4.69) is 19.2 Å². The van der Waals surface area contributed by atoms with Crippen LogP contribution in [0.15, 0.2) is 40.8 Å². The molecule has 1 amide bonds. The van der Waals surface area contributed by atoms with Gasteiger partial charge in [0.1, 0.15) is 23.9 Å². The number of furan rings is 1. The third-order valence-electron chi connectivity index (χ3n) is 4.53. The average molecular weight is 361 g/mol. The molecule has 2 heterocycles. The molecule has 0 aliphatic carbocycles. The first-order chi connectivity index (χ1) is 12.5. The molecule has 5 nitrogen and oxygen atoms in total. The minimum atomic E-state index is -0.318. The summed E-state index contributed by atoms with van der Waals surface area (Å²) in [5.74, 6) is 1.52. The van der Waals surface area contributed by atoms with Crippen LogP contribution in [0.2, 0.25) is 0 Å². The standard InChI is InChI=1S/C20H24FNO4/c1-13(2)19-14(9-10-24-19)11-22-20(23)18-8-7-17(26-18)12-25-16-5-3-15(21)4-6-16/h3-8,13-14,19H,9-12H2,1-2H3,(H,22,23). The molecule has 3 rings (SSSR count). The number of halogens is 1. The summed E-state index contributed by atoms with van der Waals surface area (Å²) in [4.78, 5) is 12.3. The van der Waals surface area contributed by atoms with Crippen molar-refractivity contribution < 1.29 is 23.1 Å².